The van der Waals surface area contributed by atoms with E-state index < -0.39 is 6.10 Å². The van der Waals surface area contributed by atoms with Crippen LogP contribution in [0.15, 0.2) is 0 Å². The molecule has 0 radical (unpaired) electrons. The van der Waals surface area contributed by atoms with Crippen LogP contribution in [0.5, 0.6) is 0 Å². The third-order valence-corrected chi connectivity index (χ3v) is 2.39. The number of nitrogens with one attached hydrogen (secondary N) is 1. The largest absolute Gasteiger partial charge is 0.389 e. The highest BCUT2D eigenvalue weighted by molar-refractivity contribution is 5.81. The van der Waals surface area contributed by atoms with Crippen LogP contribution in [0.25, 0.3) is 0 Å². The SMILES string of the molecule is COCC(O)CNC(=O)C(C)(C)CC(C)C. The minimum absolute atomic E-state index is 0.0173. The molecule has 0 bridgehead atoms. The van der Waals surface area contributed by atoms with Crippen molar-refractivity contribution in [3.63, 3.8) is 0 Å². The summed E-state index contributed by atoms with van der Waals surface area (Å²) in [4.78, 5) is 11.8. The minimum atomic E-state index is -0.635. The summed E-state index contributed by atoms with van der Waals surface area (Å²) in [6, 6.07) is 0. The van der Waals surface area contributed by atoms with Gasteiger partial charge in [0.15, 0.2) is 0 Å². The van der Waals surface area contributed by atoms with Crippen LogP contribution in [0.1, 0.15) is 34.1 Å². The normalized spacial score (nSPS) is 13.9. The fourth-order valence-electron chi connectivity index (χ4n) is 1.81. The Morgan fingerprint density at radius 2 is 2.00 bits per heavy atom. The second kappa shape index (κ2) is 6.86. The molecular formula is C12H25NO3. The van der Waals surface area contributed by atoms with Crippen molar-refractivity contribution in [1.82, 2.24) is 5.32 Å². The Labute approximate surface area is 98.4 Å². The Morgan fingerprint density at radius 1 is 1.44 bits per heavy atom. The molecule has 96 valence electrons. The van der Waals surface area contributed by atoms with E-state index in [4.69, 9.17) is 4.74 Å². The number of aliphatic hydroxyl groups is 1. The first-order chi connectivity index (χ1) is 7.29. The zero-order valence-electron chi connectivity index (χ0n) is 11.0. The summed E-state index contributed by atoms with van der Waals surface area (Å²) in [5.74, 6) is 0.459. The molecule has 0 fully saturated rings. The smallest absolute Gasteiger partial charge is 0.225 e. The van der Waals surface area contributed by atoms with Crippen molar-refractivity contribution in [2.45, 2.75) is 40.2 Å². The Hall–Kier alpha value is -0.610. The number of carbonyl (C=O) groups excluding carboxylic acids is 1. The van der Waals surface area contributed by atoms with Gasteiger partial charge in [0.1, 0.15) is 0 Å². The van der Waals surface area contributed by atoms with Crippen LogP contribution < -0.4 is 5.32 Å². The van der Waals surface area contributed by atoms with Crippen molar-refractivity contribution in [3.8, 4) is 0 Å². The number of rotatable bonds is 7. The lowest BCUT2D eigenvalue weighted by atomic mass is 9.83. The Bertz CT molecular complexity index is 214. The van der Waals surface area contributed by atoms with Gasteiger partial charge in [-0.25, -0.2) is 0 Å². The predicted octanol–water partition coefficient (Wildman–Crippen LogP) is 1.18. The lowest BCUT2D eigenvalue weighted by Gasteiger charge is -2.26. The molecule has 0 aliphatic carbocycles. The molecule has 0 spiro atoms. The summed E-state index contributed by atoms with van der Waals surface area (Å²) in [5, 5.41) is 12.1. The fourth-order valence-corrected chi connectivity index (χ4v) is 1.81. The van der Waals surface area contributed by atoms with E-state index >= 15 is 0 Å². The van der Waals surface area contributed by atoms with Crippen LogP contribution in [0, 0.1) is 11.3 Å². The van der Waals surface area contributed by atoms with Gasteiger partial charge in [-0.3, -0.25) is 4.79 Å². The third-order valence-electron chi connectivity index (χ3n) is 2.39. The Morgan fingerprint density at radius 3 is 2.44 bits per heavy atom. The van der Waals surface area contributed by atoms with Crippen LogP contribution >= 0.6 is 0 Å². The van der Waals surface area contributed by atoms with Gasteiger partial charge in [0.25, 0.3) is 0 Å². The van der Waals surface area contributed by atoms with Gasteiger partial charge < -0.3 is 15.2 Å². The molecule has 0 aliphatic heterocycles. The fraction of sp³-hybridized carbons (Fsp3) is 0.917. The molecule has 0 saturated carbocycles. The topological polar surface area (TPSA) is 58.6 Å². The summed E-state index contributed by atoms with van der Waals surface area (Å²) >= 11 is 0. The monoisotopic (exact) mass is 231 g/mol. The summed E-state index contributed by atoms with van der Waals surface area (Å²) in [5.41, 5.74) is -0.388. The van der Waals surface area contributed by atoms with Gasteiger partial charge in [-0.15, -0.1) is 0 Å². The van der Waals surface area contributed by atoms with Crippen molar-refractivity contribution in [2.24, 2.45) is 11.3 Å². The van der Waals surface area contributed by atoms with Crippen molar-refractivity contribution >= 4 is 5.91 Å². The van der Waals surface area contributed by atoms with Crippen molar-refractivity contribution < 1.29 is 14.6 Å². The van der Waals surface area contributed by atoms with Gasteiger partial charge in [-0.05, 0) is 12.3 Å². The first kappa shape index (κ1) is 15.4. The van der Waals surface area contributed by atoms with Crippen LogP contribution in [0.4, 0.5) is 0 Å². The lowest BCUT2D eigenvalue weighted by molar-refractivity contribution is -0.130. The number of methoxy groups -OCH3 is 1. The highest BCUT2D eigenvalue weighted by Crippen LogP contribution is 2.25. The molecule has 0 saturated heterocycles. The third kappa shape index (κ3) is 6.08. The van der Waals surface area contributed by atoms with E-state index in [2.05, 4.69) is 19.2 Å². The molecule has 4 nitrogen and oxygen atoms in total. The molecule has 16 heavy (non-hydrogen) atoms. The second-order valence-electron chi connectivity index (χ2n) is 5.30. The van der Waals surface area contributed by atoms with Gasteiger partial charge in [0, 0.05) is 19.1 Å². The molecule has 0 aromatic heterocycles. The lowest BCUT2D eigenvalue weighted by Crippen LogP contribution is -2.42. The number of carbonyl (C=O) groups is 1. The van der Waals surface area contributed by atoms with E-state index in [1.807, 2.05) is 13.8 Å². The summed E-state index contributed by atoms with van der Waals surface area (Å²) in [7, 11) is 1.52. The van der Waals surface area contributed by atoms with Crippen LogP contribution in [0.3, 0.4) is 0 Å². The van der Waals surface area contributed by atoms with E-state index in [1.165, 1.54) is 7.11 Å². The van der Waals surface area contributed by atoms with Gasteiger partial charge in [-0.2, -0.15) is 0 Å². The van der Waals surface area contributed by atoms with E-state index in [0.29, 0.717) is 5.92 Å². The highest BCUT2D eigenvalue weighted by Gasteiger charge is 2.28. The quantitative estimate of drug-likeness (QED) is 0.692. The molecular weight excluding hydrogens is 206 g/mol. The Kier molecular flexibility index (Phi) is 6.60. The molecule has 0 aliphatic rings. The molecule has 0 aromatic rings. The van der Waals surface area contributed by atoms with E-state index in [0.717, 1.165) is 6.42 Å². The molecule has 1 amide bonds. The average Bonchev–Trinajstić information content (AvgIpc) is 2.12. The van der Waals surface area contributed by atoms with Gasteiger partial charge in [0.05, 0.1) is 12.7 Å². The average molecular weight is 231 g/mol. The number of amides is 1. The number of hydrogen-bond donors (Lipinski definition) is 2. The minimum Gasteiger partial charge on any atom is -0.389 e. The number of aliphatic hydroxyl groups excluding tert-OH is 1. The maximum absolute atomic E-state index is 11.8. The van der Waals surface area contributed by atoms with E-state index in [1.54, 1.807) is 0 Å². The van der Waals surface area contributed by atoms with Crippen LogP contribution in [-0.4, -0.2) is 37.4 Å². The van der Waals surface area contributed by atoms with Crippen molar-refractivity contribution in [1.29, 1.82) is 0 Å². The zero-order chi connectivity index (χ0) is 12.8. The van der Waals surface area contributed by atoms with Gasteiger partial charge in [-0.1, -0.05) is 27.7 Å². The number of hydrogen-bond acceptors (Lipinski definition) is 3. The standard InChI is InChI=1S/C12H25NO3/c1-9(2)6-12(3,4)11(15)13-7-10(14)8-16-5/h9-10,14H,6-8H2,1-5H3,(H,13,15). The summed E-state index contributed by atoms with van der Waals surface area (Å²) in [6.45, 7) is 8.51. The molecule has 0 rings (SSSR count). The Balaban J connectivity index is 4.04. The molecule has 4 heteroatoms. The van der Waals surface area contributed by atoms with Crippen molar-refractivity contribution in [2.75, 3.05) is 20.3 Å². The summed E-state index contributed by atoms with van der Waals surface area (Å²) < 4.78 is 4.78. The first-order valence-electron chi connectivity index (χ1n) is 5.75. The highest BCUT2D eigenvalue weighted by atomic mass is 16.5. The van der Waals surface area contributed by atoms with Gasteiger partial charge in [0.2, 0.25) is 5.91 Å². The van der Waals surface area contributed by atoms with E-state index in [-0.39, 0.29) is 24.5 Å². The van der Waals surface area contributed by atoms with Crippen molar-refractivity contribution in [3.05, 3.63) is 0 Å². The maximum Gasteiger partial charge on any atom is 0.225 e. The maximum atomic E-state index is 11.8. The van der Waals surface area contributed by atoms with Gasteiger partial charge >= 0.3 is 0 Å². The first-order valence-corrected chi connectivity index (χ1v) is 5.75. The molecule has 0 heterocycles. The van der Waals surface area contributed by atoms with E-state index in [9.17, 15) is 9.90 Å². The van der Waals surface area contributed by atoms with Crippen LogP contribution in [0.2, 0.25) is 0 Å². The predicted molar refractivity (Wildman–Crippen MR) is 64.1 cm³/mol. The number of ether oxygens (including phenoxy) is 1. The zero-order valence-corrected chi connectivity index (χ0v) is 11.0. The summed E-state index contributed by atoms with van der Waals surface area (Å²) in [6.07, 6.45) is 0.197. The molecule has 1 unspecified atom stereocenters. The molecule has 0 aromatic carbocycles. The molecule has 2 N–H and O–H groups in total. The second-order valence-corrected chi connectivity index (χ2v) is 5.30. The van der Waals surface area contributed by atoms with Crippen LogP contribution in [-0.2, 0) is 9.53 Å². The molecule has 1 atom stereocenters.